The second-order valence-electron chi connectivity index (χ2n) is 7.03. The summed E-state index contributed by atoms with van der Waals surface area (Å²) in [4.78, 5) is 5.98. The Morgan fingerprint density at radius 1 is 1.35 bits per heavy atom. The zero-order valence-corrected chi connectivity index (χ0v) is 13.2. The Morgan fingerprint density at radius 3 is 3.17 bits per heavy atom. The van der Waals surface area contributed by atoms with Crippen LogP contribution in [0.2, 0.25) is 0 Å². The van der Waals surface area contributed by atoms with E-state index in [-0.39, 0.29) is 0 Å². The summed E-state index contributed by atoms with van der Waals surface area (Å²) in [5.74, 6) is 1.18. The average molecular weight is 308 g/mol. The van der Waals surface area contributed by atoms with Crippen molar-refractivity contribution in [3.05, 3.63) is 41.9 Å². The van der Waals surface area contributed by atoms with Crippen molar-refractivity contribution in [3.8, 4) is 0 Å². The largest absolute Gasteiger partial charge is 0.361 e. The lowest BCUT2D eigenvalue weighted by molar-refractivity contribution is 0.101. The second-order valence-corrected chi connectivity index (χ2v) is 7.03. The number of rotatable bonds is 2. The van der Waals surface area contributed by atoms with Crippen molar-refractivity contribution in [2.45, 2.75) is 31.3 Å². The van der Waals surface area contributed by atoms with E-state index in [0.29, 0.717) is 17.9 Å². The Balaban J connectivity index is 1.52. The molecule has 0 saturated carbocycles. The van der Waals surface area contributed by atoms with Crippen molar-refractivity contribution in [2.75, 3.05) is 13.6 Å². The van der Waals surface area contributed by atoms with Crippen LogP contribution in [-0.4, -0.2) is 49.7 Å². The Bertz CT molecular complexity index is 836. The van der Waals surface area contributed by atoms with E-state index in [1.165, 1.54) is 28.5 Å². The highest BCUT2D eigenvalue weighted by molar-refractivity contribution is 5.88. The number of hydrogen-bond donors (Lipinski definition) is 1. The van der Waals surface area contributed by atoms with Gasteiger partial charge in [0, 0.05) is 42.1 Å². The van der Waals surface area contributed by atoms with Gasteiger partial charge < -0.3 is 9.88 Å². The molecule has 0 spiro atoms. The Labute approximate surface area is 134 Å². The van der Waals surface area contributed by atoms with Crippen molar-refractivity contribution in [3.63, 3.8) is 0 Å². The summed E-state index contributed by atoms with van der Waals surface area (Å²) in [6.07, 6.45) is 6.28. The molecule has 2 aromatic heterocycles. The van der Waals surface area contributed by atoms with E-state index < -0.39 is 0 Å². The van der Waals surface area contributed by atoms with Crippen LogP contribution in [0.1, 0.15) is 23.5 Å². The van der Waals surface area contributed by atoms with Gasteiger partial charge in [-0.1, -0.05) is 12.1 Å². The lowest BCUT2D eigenvalue weighted by Gasteiger charge is -2.45. The van der Waals surface area contributed by atoms with E-state index in [9.17, 15) is 0 Å². The summed E-state index contributed by atoms with van der Waals surface area (Å²) < 4.78 is 1.87. The number of likely N-dealkylation sites (tertiary alicyclic amines) is 1. The summed E-state index contributed by atoms with van der Waals surface area (Å²) in [5, 5.41) is 13.0. The van der Waals surface area contributed by atoms with Gasteiger partial charge in [0.05, 0.1) is 0 Å². The monoisotopic (exact) mass is 308 g/mol. The van der Waals surface area contributed by atoms with Crippen LogP contribution in [-0.2, 0) is 13.0 Å². The highest BCUT2D eigenvalue weighted by Gasteiger charge is 2.39. The number of piperidine rings is 1. The Kier molecular flexibility index (Phi) is 2.82. The summed E-state index contributed by atoms with van der Waals surface area (Å²) in [6.45, 7) is 2.01. The molecule has 6 nitrogen and oxygen atoms in total. The predicted octanol–water partition coefficient (Wildman–Crippen LogP) is 1.81. The summed E-state index contributed by atoms with van der Waals surface area (Å²) in [5.41, 5.74) is 4.27. The molecule has 1 aliphatic heterocycles. The molecule has 0 amide bonds. The van der Waals surface area contributed by atoms with Gasteiger partial charge in [0.1, 0.15) is 6.33 Å². The standard InChI is InChI=1S/C17H20N6/c1-22-8-11(9-23-10-19-20-21-23)5-14-13-3-2-4-15-17(13)12(7-18-15)6-16(14)22/h2-4,7,10-11,14,16,18H,5-6,8-9H2,1H3/t11-,14?,16+/m0/s1. The van der Waals surface area contributed by atoms with Gasteiger partial charge in [0.25, 0.3) is 0 Å². The van der Waals surface area contributed by atoms with Crippen molar-refractivity contribution >= 4 is 10.9 Å². The van der Waals surface area contributed by atoms with Crippen LogP contribution in [0.5, 0.6) is 0 Å². The maximum absolute atomic E-state index is 4.04. The topological polar surface area (TPSA) is 62.6 Å². The fraction of sp³-hybridized carbons (Fsp3) is 0.471. The third kappa shape index (κ3) is 2.01. The van der Waals surface area contributed by atoms with Crippen LogP contribution in [0.3, 0.4) is 0 Å². The van der Waals surface area contributed by atoms with Crippen LogP contribution in [0, 0.1) is 5.92 Å². The molecule has 1 unspecified atom stereocenters. The number of nitrogens with one attached hydrogen (secondary N) is 1. The number of hydrogen-bond acceptors (Lipinski definition) is 4. The maximum atomic E-state index is 4.04. The molecule has 2 aliphatic rings. The van der Waals surface area contributed by atoms with Gasteiger partial charge in [-0.3, -0.25) is 0 Å². The minimum atomic E-state index is 0.584. The fourth-order valence-corrected chi connectivity index (χ4v) is 4.71. The van der Waals surface area contributed by atoms with Gasteiger partial charge in [-0.2, -0.15) is 0 Å². The highest BCUT2D eigenvalue weighted by atomic mass is 15.5. The van der Waals surface area contributed by atoms with E-state index in [2.05, 4.69) is 56.9 Å². The molecule has 3 aromatic rings. The van der Waals surface area contributed by atoms with Crippen LogP contribution < -0.4 is 0 Å². The van der Waals surface area contributed by atoms with Gasteiger partial charge >= 0.3 is 0 Å². The van der Waals surface area contributed by atoms with Crippen LogP contribution >= 0.6 is 0 Å². The number of aromatic nitrogens is 5. The summed E-state index contributed by atoms with van der Waals surface area (Å²) in [6, 6.07) is 7.30. The lowest BCUT2D eigenvalue weighted by Crippen LogP contribution is -2.48. The van der Waals surface area contributed by atoms with E-state index >= 15 is 0 Å². The second kappa shape index (κ2) is 4.89. The molecule has 23 heavy (non-hydrogen) atoms. The van der Waals surface area contributed by atoms with Gasteiger partial charge in [0.2, 0.25) is 0 Å². The van der Waals surface area contributed by atoms with Crippen molar-refractivity contribution in [1.29, 1.82) is 0 Å². The number of H-pyrrole nitrogens is 1. The van der Waals surface area contributed by atoms with Gasteiger partial charge in [-0.15, -0.1) is 5.10 Å². The van der Waals surface area contributed by atoms with E-state index in [1.54, 1.807) is 6.33 Å². The number of benzene rings is 1. The first-order valence-electron chi connectivity index (χ1n) is 8.29. The van der Waals surface area contributed by atoms with Crippen molar-refractivity contribution in [2.24, 2.45) is 5.92 Å². The van der Waals surface area contributed by atoms with Crippen LogP contribution in [0.25, 0.3) is 10.9 Å². The minimum absolute atomic E-state index is 0.584. The normalized spacial score (nSPS) is 27.3. The molecule has 5 rings (SSSR count). The van der Waals surface area contributed by atoms with Crippen molar-refractivity contribution < 1.29 is 0 Å². The molecule has 1 saturated heterocycles. The molecule has 3 atom stereocenters. The zero-order chi connectivity index (χ0) is 15.4. The number of fused-ring (bicyclic) bond motifs is 2. The lowest BCUT2D eigenvalue weighted by atomic mass is 9.72. The molecule has 6 heteroatoms. The van der Waals surface area contributed by atoms with Gasteiger partial charge in [0.15, 0.2) is 0 Å². The Morgan fingerprint density at radius 2 is 2.30 bits per heavy atom. The van der Waals surface area contributed by atoms with Crippen molar-refractivity contribution in [1.82, 2.24) is 30.1 Å². The molecular weight excluding hydrogens is 288 g/mol. The molecule has 0 bridgehead atoms. The first-order valence-corrected chi connectivity index (χ1v) is 8.29. The summed E-state index contributed by atoms with van der Waals surface area (Å²) in [7, 11) is 2.27. The number of tetrazole rings is 1. The SMILES string of the molecule is CN1C[C@@H](Cn2cnnn2)CC2c3cccc4[nH]cc(c34)C[C@H]21. The summed E-state index contributed by atoms with van der Waals surface area (Å²) >= 11 is 0. The molecule has 1 fully saturated rings. The Hall–Kier alpha value is -2.21. The highest BCUT2D eigenvalue weighted by Crippen LogP contribution is 2.44. The van der Waals surface area contributed by atoms with Gasteiger partial charge in [-0.05, 0) is 53.4 Å². The maximum Gasteiger partial charge on any atom is 0.138 e. The molecule has 3 heterocycles. The molecule has 1 aromatic carbocycles. The van der Waals surface area contributed by atoms with E-state index in [1.807, 2.05) is 4.68 Å². The van der Waals surface area contributed by atoms with E-state index in [4.69, 9.17) is 0 Å². The third-order valence-corrected chi connectivity index (χ3v) is 5.65. The number of aromatic amines is 1. The van der Waals surface area contributed by atoms with Crippen LogP contribution in [0.4, 0.5) is 0 Å². The quantitative estimate of drug-likeness (QED) is 0.784. The average Bonchev–Trinajstić information content (AvgIpc) is 3.20. The first-order chi connectivity index (χ1) is 11.3. The molecule has 118 valence electrons. The first kappa shape index (κ1) is 13.2. The number of likely N-dealkylation sites (N-methyl/N-ethyl adjacent to an activating group) is 1. The smallest absolute Gasteiger partial charge is 0.138 e. The molecular formula is C17H20N6. The van der Waals surface area contributed by atoms with E-state index in [0.717, 1.165) is 19.5 Å². The number of nitrogens with zero attached hydrogens (tertiary/aromatic N) is 5. The fourth-order valence-electron chi connectivity index (χ4n) is 4.71. The minimum Gasteiger partial charge on any atom is -0.361 e. The molecule has 0 radical (unpaired) electrons. The zero-order valence-electron chi connectivity index (χ0n) is 13.2. The molecule has 1 aliphatic carbocycles. The third-order valence-electron chi connectivity index (χ3n) is 5.65. The predicted molar refractivity (Wildman–Crippen MR) is 87.1 cm³/mol. The van der Waals surface area contributed by atoms with Gasteiger partial charge in [-0.25, -0.2) is 4.68 Å². The van der Waals surface area contributed by atoms with Crippen LogP contribution in [0.15, 0.2) is 30.7 Å². The molecule has 1 N–H and O–H groups in total.